The summed E-state index contributed by atoms with van der Waals surface area (Å²) in [5.41, 5.74) is 2.40. The molecule has 4 heteroatoms. The number of allylic oxidation sites excluding steroid dienone is 1. The zero-order valence-electron chi connectivity index (χ0n) is 11.9. The number of carbonyl (C=O) groups excluding carboxylic acids is 1. The van der Waals surface area contributed by atoms with Crippen LogP contribution in [0.1, 0.15) is 44.2 Å². The highest BCUT2D eigenvalue weighted by Gasteiger charge is 2.22. The Balaban J connectivity index is 2.36. The van der Waals surface area contributed by atoms with Crippen LogP contribution in [0.3, 0.4) is 0 Å². The monoisotopic (exact) mass is 273 g/mol. The van der Waals surface area contributed by atoms with Crippen molar-refractivity contribution in [1.29, 1.82) is 0 Å². The smallest absolute Gasteiger partial charge is 0.273 e. The van der Waals surface area contributed by atoms with Gasteiger partial charge in [-0.3, -0.25) is 14.9 Å². The van der Waals surface area contributed by atoms with Crippen LogP contribution >= 0.6 is 0 Å². The molecule has 0 heterocycles. The van der Waals surface area contributed by atoms with Gasteiger partial charge in [0.25, 0.3) is 5.69 Å². The highest BCUT2D eigenvalue weighted by Crippen LogP contribution is 2.28. The van der Waals surface area contributed by atoms with Gasteiger partial charge in [-0.05, 0) is 42.9 Å². The summed E-state index contributed by atoms with van der Waals surface area (Å²) < 4.78 is 0. The summed E-state index contributed by atoms with van der Waals surface area (Å²) in [7, 11) is 0. The summed E-state index contributed by atoms with van der Waals surface area (Å²) in [5, 5.41) is 11.1. The van der Waals surface area contributed by atoms with Gasteiger partial charge in [0.2, 0.25) is 0 Å². The molecule has 2 rings (SSSR count). The molecule has 0 amide bonds. The number of hydrogen-bond acceptors (Lipinski definition) is 3. The van der Waals surface area contributed by atoms with Crippen molar-refractivity contribution in [3.05, 3.63) is 45.0 Å². The van der Waals surface area contributed by atoms with Crippen molar-refractivity contribution in [3.63, 3.8) is 0 Å². The van der Waals surface area contributed by atoms with E-state index in [0.29, 0.717) is 6.42 Å². The first-order valence-corrected chi connectivity index (χ1v) is 7.05. The van der Waals surface area contributed by atoms with Crippen molar-refractivity contribution in [2.45, 2.75) is 39.5 Å². The van der Waals surface area contributed by atoms with E-state index in [2.05, 4.69) is 0 Å². The van der Waals surface area contributed by atoms with Gasteiger partial charge in [0.1, 0.15) is 0 Å². The minimum atomic E-state index is -0.355. The first kappa shape index (κ1) is 14.4. The average Bonchev–Trinajstić information content (AvgIpc) is 2.43. The summed E-state index contributed by atoms with van der Waals surface area (Å²) in [4.78, 5) is 22.8. The van der Waals surface area contributed by atoms with Crippen LogP contribution in [0.4, 0.5) is 5.69 Å². The maximum atomic E-state index is 12.1. The number of rotatable bonds is 3. The summed E-state index contributed by atoms with van der Waals surface area (Å²) >= 11 is 0. The second-order valence-electron chi connectivity index (χ2n) is 5.33. The second-order valence-corrected chi connectivity index (χ2v) is 5.33. The fourth-order valence-corrected chi connectivity index (χ4v) is 2.65. The standard InChI is InChI=1S/C16H19NO3/c1-3-13-8-7-12(10-15(13)17(19)20)9-14-6-4-5-11(2)16(14)18/h7-11H,3-6H2,1-2H3/b14-9+/t11-/m1/s1. The van der Waals surface area contributed by atoms with E-state index in [4.69, 9.17) is 0 Å². The number of nitro benzene ring substituents is 1. The number of Topliss-reactive ketones (excluding diaryl/α,β-unsaturated/α-hetero) is 1. The lowest BCUT2D eigenvalue weighted by Gasteiger charge is -2.19. The molecule has 20 heavy (non-hydrogen) atoms. The minimum absolute atomic E-state index is 0.0694. The van der Waals surface area contributed by atoms with Gasteiger partial charge in [0.05, 0.1) is 4.92 Å². The Bertz CT molecular complexity index is 575. The average molecular weight is 273 g/mol. The molecule has 1 aromatic rings. The van der Waals surface area contributed by atoms with Gasteiger partial charge in [-0.1, -0.05) is 26.0 Å². The Kier molecular flexibility index (Phi) is 4.32. The van der Waals surface area contributed by atoms with Gasteiger partial charge < -0.3 is 0 Å². The van der Waals surface area contributed by atoms with Crippen LogP contribution in [-0.4, -0.2) is 10.7 Å². The van der Waals surface area contributed by atoms with E-state index in [0.717, 1.165) is 36.0 Å². The summed E-state index contributed by atoms with van der Waals surface area (Å²) in [6.07, 6.45) is 5.15. The minimum Gasteiger partial charge on any atom is -0.294 e. The van der Waals surface area contributed by atoms with Gasteiger partial charge >= 0.3 is 0 Å². The Morgan fingerprint density at radius 2 is 2.20 bits per heavy atom. The van der Waals surface area contributed by atoms with E-state index in [9.17, 15) is 14.9 Å². The highest BCUT2D eigenvalue weighted by molar-refractivity contribution is 6.01. The van der Waals surface area contributed by atoms with Gasteiger partial charge in [-0.2, -0.15) is 0 Å². The van der Waals surface area contributed by atoms with Crippen LogP contribution in [0, 0.1) is 16.0 Å². The Morgan fingerprint density at radius 3 is 2.85 bits per heavy atom. The molecule has 1 fully saturated rings. The molecule has 0 spiro atoms. The lowest BCUT2D eigenvalue weighted by atomic mass is 9.84. The second kappa shape index (κ2) is 5.99. The maximum absolute atomic E-state index is 12.1. The zero-order valence-corrected chi connectivity index (χ0v) is 11.9. The normalized spacial score (nSPS) is 21.2. The van der Waals surface area contributed by atoms with Crippen LogP contribution in [0.15, 0.2) is 23.8 Å². The first-order valence-electron chi connectivity index (χ1n) is 7.05. The fraction of sp³-hybridized carbons (Fsp3) is 0.438. The molecule has 0 aromatic heterocycles. The fourth-order valence-electron chi connectivity index (χ4n) is 2.65. The quantitative estimate of drug-likeness (QED) is 0.476. The van der Waals surface area contributed by atoms with Crippen molar-refractivity contribution in [3.8, 4) is 0 Å². The molecule has 0 N–H and O–H groups in total. The first-order chi connectivity index (χ1) is 9.52. The van der Waals surface area contributed by atoms with E-state index >= 15 is 0 Å². The Hall–Kier alpha value is -1.97. The third-order valence-electron chi connectivity index (χ3n) is 3.88. The van der Waals surface area contributed by atoms with Gasteiger partial charge in [-0.25, -0.2) is 0 Å². The molecule has 0 radical (unpaired) electrons. The number of nitro groups is 1. The summed E-state index contributed by atoms with van der Waals surface area (Å²) in [6, 6.07) is 5.20. The van der Waals surface area contributed by atoms with Gasteiger partial charge in [-0.15, -0.1) is 0 Å². The lowest BCUT2D eigenvalue weighted by molar-refractivity contribution is -0.385. The van der Waals surface area contributed by atoms with Crippen LogP contribution < -0.4 is 0 Å². The Labute approximate surface area is 118 Å². The topological polar surface area (TPSA) is 60.2 Å². The van der Waals surface area contributed by atoms with E-state index in [1.54, 1.807) is 12.1 Å². The van der Waals surface area contributed by atoms with E-state index < -0.39 is 0 Å². The van der Waals surface area contributed by atoms with Gasteiger partial charge in [0.15, 0.2) is 5.78 Å². The maximum Gasteiger partial charge on any atom is 0.273 e. The number of hydrogen-bond donors (Lipinski definition) is 0. The summed E-state index contributed by atoms with van der Waals surface area (Å²) in [6.45, 7) is 3.84. The molecule has 0 unspecified atom stereocenters. The molecule has 0 bridgehead atoms. The molecular weight excluding hydrogens is 254 g/mol. The number of nitrogens with zero attached hydrogens (tertiary/aromatic N) is 1. The number of carbonyl (C=O) groups is 1. The third-order valence-corrected chi connectivity index (χ3v) is 3.88. The lowest BCUT2D eigenvalue weighted by Crippen LogP contribution is -2.18. The van der Waals surface area contributed by atoms with Crippen LogP contribution in [0.25, 0.3) is 6.08 Å². The molecule has 0 saturated heterocycles. The van der Waals surface area contributed by atoms with Crippen molar-refractivity contribution >= 4 is 17.5 Å². The molecule has 106 valence electrons. The van der Waals surface area contributed by atoms with E-state index in [-0.39, 0.29) is 22.3 Å². The molecule has 1 aliphatic rings. The van der Waals surface area contributed by atoms with Crippen LogP contribution in [0.2, 0.25) is 0 Å². The van der Waals surface area contributed by atoms with E-state index in [1.165, 1.54) is 0 Å². The summed E-state index contributed by atoms with van der Waals surface area (Å²) in [5.74, 6) is 0.248. The number of benzene rings is 1. The van der Waals surface area contributed by atoms with Crippen LogP contribution in [0.5, 0.6) is 0 Å². The van der Waals surface area contributed by atoms with Crippen molar-refractivity contribution in [2.75, 3.05) is 0 Å². The number of ketones is 1. The Morgan fingerprint density at radius 1 is 1.45 bits per heavy atom. The largest absolute Gasteiger partial charge is 0.294 e. The molecule has 1 aliphatic carbocycles. The SMILES string of the molecule is CCc1ccc(/C=C2\CCC[C@@H](C)C2=O)cc1[N+](=O)[O-]. The van der Waals surface area contributed by atoms with Crippen LogP contribution in [-0.2, 0) is 11.2 Å². The van der Waals surface area contributed by atoms with Crippen molar-refractivity contribution in [1.82, 2.24) is 0 Å². The molecule has 1 atom stereocenters. The predicted octanol–water partition coefficient (Wildman–Crippen LogP) is 3.93. The molecule has 1 aromatic carbocycles. The van der Waals surface area contributed by atoms with Crippen molar-refractivity contribution in [2.24, 2.45) is 5.92 Å². The molecule has 1 saturated carbocycles. The molecule has 4 nitrogen and oxygen atoms in total. The van der Waals surface area contributed by atoms with E-state index in [1.807, 2.05) is 26.0 Å². The van der Waals surface area contributed by atoms with Crippen molar-refractivity contribution < 1.29 is 9.72 Å². The predicted molar refractivity (Wildman–Crippen MR) is 78.5 cm³/mol. The molecule has 0 aliphatic heterocycles. The highest BCUT2D eigenvalue weighted by atomic mass is 16.6. The number of aryl methyl sites for hydroxylation is 1. The zero-order chi connectivity index (χ0) is 14.7. The molecular formula is C16H19NO3. The van der Waals surface area contributed by atoms with Gasteiger partial charge in [0, 0.05) is 17.5 Å². The third kappa shape index (κ3) is 2.95.